The summed E-state index contributed by atoms with van der Waals surface area (Å²) in [5.41, 5.74) is 0. The average molecular weight is 603 g/mol. The van der Waals surface area contributed by atoms with Crippen LogP contribution in [0.2, 0.25) is 0 Å². The van der Waals surface area contributed by atoms with Crippen molar-refractivity contribution in [2.45, 2.75) is 61.1 Å². The monoisotopic (exact) mass is 602 g/mol. The van der Waals surface area contributed by atoms with E-state index < -0.39 is 22.0 Å². The highest BCUT2D eigenvalue weighted by Crippen LogP contribution is 2.34. The van der Waals surface area contributed by atoms with Crippen LogP contribution < -0.4 is 9.47 Å². The number of alkyl halides is 3. The van der Waals surface area contributed by atoms with Gasteiger partial charge in [-0.15, -0.1) is 0 Å². The Bertz CT molecular complexity index is 1210. The van der Waals surface area contributed by atoms with Crippen LogP contribution in [-0.4, -0.2) is 50.7 Å². The van der Waals surface area contributed by atoms with Gasteiger partial charge in [-0.2, -0.15) is 13.2 Å². The Morgan fingerprint density at radius 2 is 1.18 bits per heavy atom. The minimum Gasteiger partial charge on any atom is -0.748 e. The van der Waals surface area contributed by atoms with Gasteiger partial charge in [0.25, 0.3) is 0 Å². The Kier molecular flexibility index (Phi) is 13.3. The SMILES string of the molecule is CCOC(C)Oc1cccc([S+](c2ccccc2)c2cccc(OC(C)OCC)c2)c1.O=S(=O)([O-])CC(F)(F)F. The third-order valence-electron chi connectivity index (χ3n) is 4.81. The van der Waals surface area contributed by atoms with Gasteiger partial charge in [-0.3, -0.25) is 0 Å². The lowest BCUT2D eigenvalue weighted by molar-refractivity contribution is -0.107. The number of halogens is 3. The van der Waals surface area contributed by atoms with Gasteiger partial charge in [-0.05, 0) is 64.1 Å². The largest absolute Gasteiger partial charge is 0.748 e. The van der Waals surface area contributed by atoms with Crippen molar-refractivity contribution in [3.63, 3.8) is 0 Å². The second-order valence-electron chi connectivity index (χ2n) is 8.17. The Morgan fingerprint density at radius 3 is 1.52 bits per heavy atom. The summed E-state index contributed by atoms with van der Waals surface area (Å²) in [7, 11) is -5.47. The van der Waals surface area contributed by atoms with E-state index in [1.807, 2.05) is 58.0 Å². The lowest BCUT2D eigenvalue weighted by Gasteiger charge is -2.16. The van der Waals surface area contributed by atoms with Crippen molar-refractivity contribution >= 4 is 21.0 Å². The zero-order valence-corrected chi connectivity index (χ0v) is 24.2. The van der Waals surface area contributed by atoms with Crippen molar-refractivity contribution in [1.29, 1.82) is 0 Å². The average Bonchev–Trinajstić information content (AvgIpc) is 2.84. The van der Waals surface area contributed by atoms with E-state index in [-0.39, 0.29) is 23.5 Å². The molecule has 0 fully saturated rings. The minimum atomic E-state index is -5.16. The van der Waals surface area contributed by atoms with Crippen LogP contribution in [0, 0.1) is 0 Å². The second kappa shape index (κ2) is 15.9. The molecule has 220 valence electrons. The van der Waals surface area contributed by atoms with Crippen molar-refractivity contribution < 1.29 is 45.1 Å². The molecule has 3 aromatic rings. The molecular weight excluding hydrogens is 569 g/mol. The van der Waals surface area contributed by atoms with Crippen LogP contribution in [0.4, 0.5) is 13.2 Å². The molecule has 0 bridgehead atoms. The number of rotatable bonds is 12. The summed E-state index contributed by atoms with van der Waals surface area (Å²) in [6.45, 7) is 8.97. The Hall–Kier alpha value is -2.77. The predicted molar refractivity (Wildman–Crippen MR) is 146 cm³/mol. The molecule has 0 aromatic heterocycles. The van der Waals surface area contributed by atoms with Crippen LogP contribution in [0.3, 0.4) is 0 Å². The smallest absolute Gasteiger partial charge is 0.401 e. The summed E-state index contributed by atoms with van der Waals surface area (Å²) in [5, 5.41) is 0. The molecule has 0 aliphatic heterocycles. The second-order valence-corrected chi connectivity index (χ2v) is 11.6. The summed E-state index contributed by atoms with van der Waals surface area (Å²) in [6, 6.07) is 27.0. The third kappa shape index (κ3) is 12.6. The topological polar surface area (TPSA) is 94.1 Å². The minimum absolute atomic E-state index is 0.296. The van der Waals surface area contributed by atoms with E-state index in [4.69, 9.17) is 18.9 Å². The van der Waals surface area contributed by atoms with E-state index in [2.05, 4.69) is 48.5 Å². The fourth-order valence-electron chi connectivity index (χ4n) is 3.44. The summed E-state index contributed by atoms with van der Waals surface area (Å²) in [6.07, 6.45) is -5.51. The van der Waals surface area contributed by atoms with Crippen LogP contribution in [0.25, 0.3) is 0 Å². The quantitative estimate of drug-likeness (QED) is 0.135. The zero-order chi connectivity index (χ0) is 29.8. The molecule has 0 radical (unpaired) electrons. The maximum absolute atomic E-state index is 11.0. The fraction of sp³-hybridized carbons (Fsp3) is 0.357. The molecule has 2 unspecified atom stereocenters. The molecular formula is C28H33F3O7S2. The third-order valence-corrected chi connectivity index (χ3v) is 7.68. The molecule has 0 saturated heterocycles. The molecule has 0 aliphatic rings. The van der Waals surface area contributed by atoms with Gasteiger partial charge in [0.05, 0.1) is 10.9 Å². The summed E-state index contributed by atoms with van der Waals surface area (Å²) >= 11 is 0. The highest BCUT2D eigenvalue weighted by atomic mass is 32.2. The van der Waals surface area contributed by atoms with E-state index >= 15 is 0 Å². The molecule has 40 heavy (non-hydrogen) atoms. The first-order valence-electron chi connectivity index (χ1n) is 12.4. The normalized spacial score (nSPS) is 13.9. The summed E-state index contributed by atoms with van der Waals surface area (Å²) < 4.78 is 84.0. The number of hydrogen-bond acceptors (Lipinski definition) is 7. The van der Waals surface area contributed by atoms with Crippen molar-refractivity contribution in [2.24, 2.45) is 0 Å². The van der Waals surface area contributed by atoms with Crippen LogP contribution in [-0.2, 0) is 30.5 Å². The van der Waals surface area contributed by atoms with E-state index in [9.17, 15) is 26.1 Å². The van der Waals surface area contributed by atoms with Gasteiger partial charge in [-0.25, -0.2) is 8.42 Å². The molecule has 0 N–H and O–H groups in total. The summed E-state index contributed by atoms with van der Waals surface area (Å²) in [5.74, 6) is -0.700. The van der Waals surface area contributed by atoms with E-state index in [0.29, 0.717) is 13.2 Å². The molecule has 0 heterocycles. The highest BCUT2D eigenvalue weighted by molar-refractivity contribution is 7.97. The molecule has 0 amide bonds. The Balaban J connectivity index is 0.000000536. The molecule has 12 heteroatoms. The molecule has 0 aliphatic carbocycles. The molecule has 0 spiro atoms. The first-order chi connectivity index (χ1) is 18.8. The molecule has 0 saturated carbocycles. The first-order valence-corrected chi connectivity index (χ1v) is 15.2. The Labute approximate surface area is 236 Å². The lowest BCUT2D eigenvalue weighted by atomic mass is 10.3. The van der Waals surface area contributed by atoms with Gasteiger partial charge < -0.3 is 23.5 Å². The lowest BCUT2D eigenvalue weighted by Crippen LogP contribution is -2.21. The molecule has 7 nitrogen and oxygen atoms in total. The van der Waals surface area contributed by atoms with Crippen molar-refractivity contribution in [1.82, 2.24) is 0 Å². The van der Waals surface area contributed by atoms with Crippen LogP contribution in [0.15, 0.2) is 93.5 Å². The maximum Gasteiger partial charge on any atom is 0.401 e. The molecule has 3 rings (SSSR count). The van der Waals surface area contributed by atoms with Gasteiger partial charge >= 0.3 is 6.18 Å². The van der Waals surface area contributed by atoms with Gasteiger partial charge in [-0.1, -0.05) is 30.3 Å². The van der Waals surface area contributed by atoms with E-state index in [0.717, 1.165) is 11.5 Å². The van der Waals surface area contributed by atoms with Crippen molar-refractivity contribution in [3.8, 4) is 11.5 Å². The van der Waals surface area contributed by atoms with Crippen molar-refractivity contribution in [2.75, 3.05) is 19.0 Å². The van der Waals surface area contributed by atoms with Crippen LogP contribution in [0.5, 0.6) is 11.5 Å². The van der Waals surface area contributed by atoms with Gasteiger partial charge in [0.2, 0.25) is 0 Å². The van der Waals surface area contributed by atoms with Crippen molar-refractivity contribution in [3.05, 3.63) is 78.9 Å². The molecule has 3 aromatic carbocycles. The van der Waals surface area contributed by atoms with E-state index in [1.54, 1.807) is 0 Å². The fourth-order valence-corrected chi connectivity index (χ4v) is 5.98. The first kappa shape index (κ1) is 33.4. The van der Waals surface area contributed by atoms with E-state index in [1.165, 1.54) is 14.7 Å². The van der Waals surface area contributed by atoms with Gasteiger partial charge in [0.15, 0.2) is 27.3 Å². The van der Waals surface area contributed by atoms with Crippen LogP contribution in [0.1, 0.15) is 27.7 Å². The zero-order valence-electron chi connectivity index (χ0n) is 22.6. The number of ether oxygens (including phenoxy) is 4. The standard InChI is InChI=1S/C26H31O4S.C2H3F3O3S/c1-5-27-20(3)29-22-12-10-16-25(18-22)31(24-14-8-7-9-15-24)26-17-11-13-23(19-26)30-21(4)28-6-2;3-2(4,5)1-9(6,7)8/h7-21H,5-6H2,1-4H3;1H2,(H,6,7,8)/q+1;/p-1. The van der Waals surface area contributed by atoms with Crippen LogP contribution >= 0.6 is 0 Å². The summed E-state index contributed by atoms with van der Waals surface area (Å²) in [4.78, 5) is 3.57. The van der Waals surface area contributed by atoms with Gasteiger partial charge in [0.1, 0.15) is 27.4 Å². The van der Waals surface area contributed by atoms with Gasteiger partial charge in [0, 0.05) is 25.3 Å². The Morgan fingerprint density at radius 1 is 0.750 bits per heavy atom. The number of hydrogen-bond donors (Lipinski definition) is 0. The maximum atomic E-state index is 11.0. The highest BCUT2D eigenvalue weighted by Gasteiger charge is 2.31. The predicted octanol–water partition coefficient (Wildman–Crippen LogP) is 6.40. The molecule has 2 atom stereocenters. The number of benzene rings is 3.